The van der Waals surface area contributed by atoms with E-state index in [1.807, 2.05) is 18.7 Å². The highest BCUT2D eigenvalue weighted by Crippen LogP contribution is 2.23. The zero-order chi connectivity index (χ0) is 18.0. The number of amides is 1. The van der Waals surface area contributed by atoms with E-state index in [4.69, 9.17) is 0 Å². The quantitative estimate of drug-likeness (QED) is 0.836. The molecule has 1 aromatic heterocycles. The fraction of sp³-hybridized carbons (Fsp3) is 0.524. The summed E-state index contributed by atoms with van der Waals surface area (Å²) in [6.07, 6.45) is 4.57. The maximum atomic E-state index is 12.8. The number of aryl methyl sites for hydroxylation is 3. The average molecular weight is 339 g/mol. The Morgan fingerprint density at radius 3 is 2.56 bits per heavy atom. The van der Waals surface area contributed by atoms with Gasteiger partial charge in [-0.1, -0.05) is 29.8 Å². The van der Waals surface area contributed by atoms with Gasteiger partial charge in [-0.3, -0.25) is 9.48 Å². The molecule has 1 aliphatic rings. The van der Waals surface area contributed by atoms with Crippen molar-refractivity contribution in [2.75, 3.05) is 6.54 Å². The smallest absolute Gasteiger partial charge is 0.223 e. The van der Waals surface area contributed by atoms with Crippen LogP contribution in [0, 0.1) is 20.8 Å². The fourth-order valence-electron chi connectivity index (χ4n) is 3.93. The molecule has 3 rings (SSSR count). The molecule has 0 N–H and O–H groups in total. The van der Waals surface area contributed by atoms with E-state index in [0.29, 0.717) is 12.5 Å². The molecule has 2 heterocycles. The number of rotatable bonds is 5. The van der Waals surface area contributed by atoms with Crippen molar-refractivity contribution in [3.63, 3.8) is 0 Å². The number of benzene rings is 1. The van der Waals surface area contributed by atoms with Crippen LogP contribution in [0.15, 0.2) is 24.3 Å². The summed E-state index contributed by atoms with van der Waals surface area (Å²) in [5.41, 5.74) is 6.05. The number of nitrogens with zero attached hydrogens (tertiary/aromatic N) is 3. The van der Waals surface area contributed by atoms with Gasteiger partial charge in [0.1, 0.15) is 0 Å². The molecule has 1 amide bonds. The van der Waals surface area contributed by atoms with Crippen molar-refractivity contribution in [3.05, 3.63) is 52.3 Å². The van der Waals surface area contributed by atoms with E-state index < -0.39 is 0 Å². The van der Waals surface area contributed by atoms with Gasteiger partial charge in [0.2, 0.25) is 5.91 Å². The highest BCUT2D eigenvalue weighted by atomic mass is 16.2. The number of hydrogen-bond acceptors (Lipinski definition) is 2. The number of likely N-dealkylation sites (tertiary alicyclic amines) is 1. The van der Waals surface area contributed by atoms with Crippen LogP contribution < -0.4 is 0 Å². The van der Waals surface area contributed by atoms with E-state index in [1.165, 1.54) is 22.4 Å². The second kappa shape index (κ2) is 7.42. The molecule has 1 fully saturated rings. The zero-order valence-electron chi connectivity index (χ0n) is 15.9. The minimum absolute atomic E-state index is 0.289. The van der Waals surface area contributed by atoms with Gasteiger partial charge in [0.05, 0.1) is 5.69 Å². The maximum absolute atomic E-state index is 12.8. The summed E-state index contributed by atoms with van der Waals surface area (Å²) in [6.45, 7) is 7.12. The van der Waals surface area contributed by atoms with Crippen LogP contribution in [0.5, 0.6) is 0 Å². The zero-order valence-corrected chi connectivity index (χ0v) is 15.9. The topological polar surface area (TPSA) is 38.1 Å². The van der Waals surface area contributed by atoms with E-state index in [2.05, 4.69) is 48.1 Å². The van der Waals surface area contributed by atoms with Gasteiger partial charge in [0, 0.05) is 31.7 Å². The third kappa shape index (κ3) is 3.94. The molecule has 0 bridgehead atoms. The molecule has 0 aliphatic carbocycles. The van der Waals surface area contributed by atoms with Gasteiger partial charge >= 0.3 is 0 Å². The third-order valence-corrected chi connectivity index (χ3v) is 5.54. The minimum atomic E-state index is 0.289. The lowest BCUT2D eigenvalue weighted by molar-refractivity contribution is -0.131. The van der Waals surface area contributed by atoms with Gasteiger partial charge in [0.25, 0.3) is 0 Å². The Bertz CT molecular complexity index is 745. The summed E-state index contributed by atoms with van der Waals surface area (Å²) in [6, 6.07) is 9.05. The van der Waals surface area contributed by atoms with Gasteiger partial charge in [-0.15, -0.1) is 0 Å². The highest BCUT2D eigenvalue weighted by molar-refractivity contribution is 5.77. The minimum Gasteiger partial charge on any atom is -0.339 e. The van der Waals surface area contributed by atoms with Crippen LogP contribution in [0.25, 0.3) is 0 Å². The Hall–Kier alpha value is -2.10. The van der Waals surface area contributed by atoms with Crippen molar-refractivity contribution < 1.29 is 4.79 Å². The summed E-state index contributed by atoms with van der Waals surface area (Å²) >= 11 is 0. The first-order valence-electron chi connectivity index (χ1n) is 9.30. The van der Waals surface area contributed by atoms with Crippen molar-refractivity contribution in [2.24, 2.45) is 7.05 Å². The average Bonchev–Trinajstić information content (AvgIpc) is 3.13. The summed E-state index contributed by atoms with van der Waals surface area (Å²) in [4.78, 5) is 14.9. The Morgan fingerprint density at radius 2 is 1.92 bits per heavy atom. The molecule has 1 atom stereocenters. The molecule has 2 aromatic rings. The van der Waals surface area contributed by atoms with Crippen LogP contribution >= 0.6 is 0 Å². The molecular weight excluding hydrogens is 310 g/mol. The van der Waals surface area contributed by atoms with Crippen molar-refractivity contribution in [2.45, 2.75) is 58.9 Å². The van der Waals surface area contributed by atoms with Crippen molar-refractivity contribution >= 4 is 5.91 Å². The molecule has 0 saturated carbocycles. The van der Waals surface area contributed by atoms with Crippen LogP contribution in [0.1, 0.15) is 47.3 Å². The standard InChI is InChI=1S/C21H29N3O/c1-15-7-9-18(10-8-15)14-19-6-5-13-24(19)21(25)12-11-20-16(2)22-23(4)17(20)3/h7-10,19H,5-6,11-14H2,1-4H3/t19-/m1/s1. The van der Waals surface area contributed by atoms with Gasteiger partial charge < -0.3 is 4.90 Å². The second-order valence-corrected chi connectivity index (χ2v) is 7.35. The summed E-state index contributed by atoms with van der Waals surface area (Å²) in [5, 5.41) is 4.46. The van der Waals surface area contributed by atoms with E-state index >= 15 is 0 Å². The Labute approximate surface area is 150 Å². The molecule has 0 unspecified atom stereocenters. The number of carbonyl (C=O) groups excluding carboxylic acids is 1. The van der Waals surface area contributed by atoms with Crippen LogP contribution in [0.4, 0.5) is 0 Å². The van der Waals surface area contributed by atoms with E-state index in [0.717, 1.165) is 37.9 Å². The van der Waals surface area contributed by atoms with Crippen molar-refractivity contribution in [1.82, 2.24) is 14.7 Å². The summed E-state index contributed by atoms with van der Waals surface area (Å²) in [5.74, 6) is 0.289. The molecule has 1 aliphatic heterocycles. The lowest BCUT2D eigenvalue weighted by Crippen LogP contribution is -2.37. The number of carbonyl (C=O) groups is 1. The third-order valence-electron chi connectivity index (χ3n) is 5.54. The van der Waals surface area contributed by atoms with Crippen LogP contribution in [0.3, 0.4) is 0 Å². The van der Waals surface area contributed by atoms with Gasteiger partial charge in [-0.05, 0) is 57.6 Å². The molecule has 25 heavy (non-hydrogen) atoms. The Balaban J connectivity index is 1.61. The van der Waals surface area contributed by atoms with Crippen molar-refractivity contribution in [3.8, 4) is 0 Å². The summed E-state index contributed by atoms with van der Waals surface area (Å²) in [7, 11) is 1.96. The maximum Gasteiger partial charge on any atom is 0.223 e. The Morgan fingerprint density at radius 1 is 1.20 bits per heavy atom. The first-order chi connectivity index (χ1) is 12.0. The largest absolute Gasteiger partial charge is 0.339 e. The molecule has 0 radical (unpaired) electrons. The van der Waals surface area contributed by atoms with E-state index in [-0.39, 0.29) is 5.91 Å². The SMILES string of the molecule is Cc1ccc(C[C@H]2CCCN2C(=O)CCc2c(C)nn(C)c2C)cc1. The predicted molar refractivity (Wildman–Crippen MR) is 101 cm³/mol. The molecular formula is C21H29N3O. The molecule has 134 valence electrons. The molecule has 1 saturated heterocycles. The second-order valence-electron chi connectivity index (χ2n) is 7.35. The van der Waals surface area contributed by atoms with Gasteiger partial charge in [-0.25, -0.2) is 0 Å². The van der Waals surface area contributed by atoms with Gasteiger partial charge in [-0.2, -0.15) is 5.10 Å². The lowest BCUT2D eigenvalue weighted by atomic mass is 10.0. The van der Waals surface area contributed by atoms with Gasteiger partial charge in [0.15, 0.2) is 0 Å². The Kier molecular flexibility index (Phi) is 5.26. The monoisotopic (exact) mass is 339 g/mol. The van der Waals surface area contributed by atoms with Crippen LogP contribution in [-0.4, -0.2) is 33.2 Å². The summed E-state index contributed by atoms with van der Waals surface area (Å²) < 4.78 is 1.91. The number of aromatic nitrogens is 2. The van der Waals surface area contributed by atoms with Crippen LogP contribution in [-0.2, 0) is 24.7 Å². The molecule has 1 aromatic carbocycles. The highest BCUT2D eigenvalue weighted by Gasteiger charge is 2.28. The predicted octanol–water partition coefficient (Wildman–Crippen LogP) is 3.51. The fourth-order valence-corrected chi connectivity index (χ4v) is 3.93. The van der Waals surface area contributed by atoms with E-state index in [1.54, 1.807) is 0 Å². The first-order valence-corrected chi connectivity index (χ1v) is 9.30. The van der Waals surface area contributed by atoms with E-state index in [9.17, 15) is 4.79 Å². The number of hydrogen-bond donors (Lipinski definition) is 0. The molecule has 0 spiro atoms. The molecule has 4 nitrogen and oxygen atoms in total. The lowest BCUT2D eigenvalue weighted by Gasteiger charge is -2.25. The first kappa shape index (κ1) is 17.7. The van der Waals surface area contributed by atoms with Crippen molar-refractivity contribution in [1.29, 1.82) is 0 Å². The molecule has 4 heteroatoms. The van der Waals surface area contributed by atoms with Crippen LogP contribution in [0.2, 0.25) is 0 Å². The normalized spacial score (nSPS) is 17.3.